The van der Waals surface area contributed by atoms with Crippen LogP contribution in [0.1, 0.15) is 176 Å². The van der Waals surface area contributed by atoms with Crippen molar-refractivity contribution >= 4 is 78.2 Å². The first-order valence-corrected chi connectivity index (χ1v) is 27.0. The van der Waals surface area contributed by atoms with E-state index in [0.29, 0.717) is 38.7 Å². The van der Waals surface area contributed by atoms with E-state index in [-0.39, 0.29) is 127 Å². The average molecular weight is 1190 g/mol. The lowest BCUT2D eigenvalue weighted by Gasteiger charge is -2.19. The number of carboxylic acid groups (broad SMARTS) is 6. The SMILES string of the molecule is CC(=O)OCC(=O)OCCCC(=O)O.CC(C)COC(=O)OCCCC(=O)O.CC(C)OC(=O)OCCCC(=O)O.CCOC(=O)OCCCC(=O)O.O=C(O)CCCOC(=O)C1CCCC1.O=C(O)CCCOC(=O)C1CCCCC1. The quantitative estimate of drug-likeness (QED) is 0.0214. The van der Waals surface area contributed by atoms with E-state index in [1.807, 2.05) is 13.8 Å². The molecule has 0 aromatic heterocycles. The van der Waals surface area contributed by atoms with Crippen molar-refractivity contribution in [1.29, 1.82) is 0 Å². The Balaban J connectivity index is -0.000000446. The molecule has 0 radical (unpaired) electrons. The third kappa shape index (κ3) is 66.8. The summed E-state index contributed by atoms with van der Waals surface area (Å²) in [5.41, 5.74) is 0. The van der Waals surface area contributed by atoms with Crippen LogP contribution in [0.2, 0.25) is 0 Å². The molecule has 82 heavy (non-hydrogen) atoms. The maximum Gasteiger partial charge on any atom is 0.508 e. The van der Waals surface area contributed by atoms with Crippen molar-refractivity contribution in [1.82, 2.24) is 0 Å². The highest BCUT2D eigenvalue weighted by molar-refractivity contribution is 5.75. The van der Waals surface area contributed by atoms with E-state index in [1.165, 1.54) is 13.3 Å². The van der Waals surface area contributed by atoms with Crippen LogP contribution in [0, 0.1) is 17.8 Å². The molecule has 6 N–H and O–H groups in total. The molecule has 0 spiro atoms. The van der Waals surface area contributed by atoms with Gasteiger partial charge in [-0.25, -0.2) is 19.2 Å². The fraction of sp³-hybridized carbons (Fsp3) is 0.755. The summed E-state index contributed by atoms with van der Waals surface area (Å²) >= 11 is 0. The number of ether oxygens (including phenoxy) is 10. The average Bonchev–Trinajstić information content (AvgIpc) is 3.95. The second-order valence-corrected chi connectivity index (χ2v) is 18.2. The van der Waals surface area contributed by atoms with Crippen LogP contribution < -0.4 is 0 Å². The Labute approximate surface area is 477 Å². The van der Waals surface area contributed by atoms with Crippen LogP contribution in [0.3, 0.4) is 0 Å². The standard InChI is InChI=1S/C11H18O4.C10H16O4.C9H16O5.C8H12O6.C8H14O5.C7H12O5/c12-10(13)7-4-8-15-11(14)9-5-2-1-3-6-9;11-9(12)6-3-7-14-10(13)8-4-1-2-5-8;1-7(2)6-14-9(12)13-5-3-4-8(10)11;1-6(9)14-5-8(12)13-4-2-3-7(10)11;1-6(2)13-8(11)12-5-3-4-7(9)10;1-2-11-7(10)12-5-3-4-6(8)9/h9H,1-8H2,(H,12,13);8H,1-7H2,(H,11,12);7H,3-6H2,1-2H3,(H,10,11);2-5H2,1H3,(H,10,11);6H,3-5H2,1-2H3,(H,9,10);2-5H2,1H3,(H,8,9). The number of carbonyl (C=O) groups excluding carboxylic acids is 7. The smallest absolute Gasteiger partial charge is 0.481 e. The minimum atomic E-state index is -0.943. The second kappa shape index (κ2) is 55.4. The zero-order valence-corrected chi connectivity index (χ0v) is 48.1. The molecule has 29 heteroatoms. The predicted octanol–water partition coefficient (Wildman–Crippen LogP) is 7.61. The Hall–Kier alpha value is -7.49. The van der Waals surface area contributed by atoms with E-state index in [2.05, 4.69) is 33.2 Å². The molecule has 0 heterocycles. The summed E-state index contributed by atoms with van der Waals surface area (Å²) in [6, 6.07) is 0. The number of hydrogen-bond acceptors (Lipinski definition) is 23. The molecule has 2 saturated carbocycles. The Morgan fingerprint density at radius 2 is 0.695 bits per heavy atom. The van der Waals surface area contributed by atoms with Crippen molar-refractivity contribution in [3.05, 3.63) is 0 Å². The van der Waals surface area contributed by atoms with Crippen LogP contribution in [0.15, 0.2) is 0 Å². The Morgan fingerprint density at radius 3 is 1.00 bits per heavy atom. The zero-order chi connectivity index (χ0) is 63.1. The highest BCUT2D eigenvalue weighted by Gasteiger charge is 2.24. The molecule has 474 valence electrons. The molecule has 0 atom stereocenters. The number of carbonyl (C=O) groups is 13. The van der Waals surface area contributed by atoms with Crippen LogP contribution in [-0.2, 0) is 95.3 Å². The molecule has 0 aromatic carbocycles. The van der Waals surface area contributed by atoms with Gasteiger partial charge in [-0.15, -0.1) is 0 Å². The first-order valence-electron chi connectivity index (χ1n) is 27.0. The van der Waals surface area contributed by atoms with Gasteiger partial charge < -0.3 is 78.0 Å². The summed E-state index contributed by atoms with van der Waals surface area (Å²) in [6.45, 7) is 11.0. The summed E-state index contributed by atoms with van der Waals surface area (Å²) in [4.78, 5) is 136. The maximum atomic E-state index is 11.5. The highest BCUT2D eigenvalue weighted by Crippen LogP contribution is 2.26. The van der Waals surface area contributed by atoms with Crippen molar-refractivity contribution < 1.29 is 140 Å². The first kappa shape index (κ1) is 81.0. The van der Waals surface area contributed by atoms with Crippen molar-refractivity contribution in [3.8, 4) is 0 Å². The molecule has 29 nitrogen and oxygen atoms in total. The molecule has 0 saturated heterocycles. The van der Waals surface area contributed by atoms with E-state index in [0.717, 1.165) is 51.4 Å². The summed E-state index contributed by atoms with van der Waals surface area (Å²) in [7, 11) is 0. The Kier molecular flexibility index (Phi) is 54.7. The number of esters is 4. The molecule has 0 aromatic rings. The molecule has 0 aliphatic heterocycles. The monoisotopic (exact) mass is 1190 g/mol. The largest absolute Gasteiger partial charge is 0.508 e. The minimum absolute atomic E-state index is 0.000590. The van der Waals surface area contributed by atoms with Gasteiger partial charge in [0.15, 0.2) is 6.61 Å². The molecular weight excluding hydrogens is 1100 g/mol. The highest BCUT2D eigenvalue weighted by atomic mass is 16.7. The van der Waals surface area contributed by atoms with Gasteiger partial charge in [0.2, 0.25) is 0 Å². The van der Waals surface area contributed by atoms with Gasteiger partial charge in [-0.2, -0.15) is 0 Å². The molecule has 2 fully saturated rings. The van der Waals surface area contributed by atoms with Gasteiger partial charge in [0.1, 0.15) is 0 Å². The summed E-state index contributed by atoms with van der Waals surface area (Å²) < 4.78 is 46.4. The van der Waals surface area contributed by atoms with Crippen LogP contribution in [0.25, 0.3) is 0 Å². The molecule has 0 amide bonds. The van der Waals surface area contributed by atoms with Crippen molar-refractivity contribution in [2.24, 2.45) is 17.8 Å². The predicted molar refractivity (Wildman–Crippen MR) is 282 cm³/mol. The molecule has 2 aliphatic rings. The number of carboxylic acids is 6. The van der Waals surface area contributed by atoms with Crippen molar-refractivity contribution in [3.63, 3.8) is 0 Å². The minimum Gasteiger partial charge on any atom is -0.481 e. The van der Waals surface area contributed by atoms with E-state index in [9.17, 15) is 62.3 Å². The van der Waals surface area contributed by atoms with Gasteiger partial charge >= 0.3 is 78.2 Å². The fourth-order valence-corrected chi connectivity index (χ4v) is 5.94. The summed E-state index contributed by atoms with van der Waals surface area (Å²) in [6.07, 6.45) is 8.98. The van der Waals surface area contributed by atoms with Gasteiger partial charge in [-0.3, -0.25) is 43.2 Å². The lowest BCUT2D eigenvalue weighted by atomic mass is 9.89. The lowest BCUT2D eigenvalue weighted by Crippen LogP contribution is -2.20. The molecule has 0 bridgehead atoms. The molecule has 2 aliphatic carbocycles. The third-order valence-corrected chi connectivity index (χ3v) is 9.77. The summed E-state index contributed by atoms with van der Waals surface area (Å²) in [5.74, 6) is -6.46. The van der Waals surface area contributed by atoms with Crippen LogP contribution in [-0.4, -0.2) is 174 Å². The number of aliphatic carboxylic acids is 6. The van der Waals surface area contributed by atoms with Crippen LogP contribution >= 0.6 is 0 Å². The lowest BCUT2D eigenvalue weighted by molar-refractivity contribution is -0.157. The third-order valence-electron chi connectivity index (χ3n) is 9.77. The van der Waals surface area contributed by atoms with Gasteiger partial charge in [-0.1, -0.05) is 46.0 Å². The van der Waals surface area contributed by atoms with Gasteiger partial charge in [-0.05, 0) is 90.9 Å². The van der Waals surface area contributed by atoms with E-state index >= 15 is 0 Å². The van der Waals surface area contributed by atoms with Crippen LogP contribution in [0.5, 0.6) is 0 Å². The molecule has 0 unspecified atom stereocenters. The maximum absolute atomic E-state index is 11.5. The summed E-state index contributed by atoms with van der Waals surface area (Å²) in [5, 5.41) is 49.7. The van der Waals surface area contributed by atoms with Crippen molar-refractivity contribution in [2.75, 3.05) is 59.5 Å². The van der Waals surface area contributed by atoms with Gasteiger partial charge in [0, 0.05) is 45.4 Å². The Morgan fingerprint density at radius 1 is 0.390 bits per heavy atom. The van der Waals surface area contributed by atoms with E-state index < -0.39 is 72.8 Å². The number of hydrogen-bond donors (Lipinski definition) is 6. The number of rotatable bonds is 32. The second-order valence-electron chi connectivity index (χ2n) is 18.2. The Bertz CT molecular complexity index is 1830. The van der Waals surface area contributed by atoms with Crippen LogP contribution in [0.4, 0.5) is 14.4 Å². The van der Waals surface area contributed by atoms with Crippen molar-refractivity contribution in [2.45, 2.75) is 182 Å². The van der Waals surface area contributed by atoms with Gasteiger partial charge in [0.05, 0.1) is 70.8 Å². The fourth-order valence-electron chi connectivity index (χ4n) is 5.94. The zero-order valence-electron chi connectivity index (χ0n) is 48.1. The molecular formula is C53H88O29. The first-order chi connectivity index (χ1) is 38.6. The van der Waals surface area contributed by atoms with E-state index in [1.54, 1.807) is 20.8 Å². The molecule has 2 rings (SSSR count). The topological polar surface area (TPSA) is 436 Å². The van der Waals surface area contributed by atoms with E-state index in [4.69, 9.17) is 44.8 Å². The normalized spacial score (nSPS) is 12.2. The van der Waals surface area contributed by atoms with Gasteiger partial charge in [0.25, 0.3) is 0 Å².